The smallest absolute Gasteiger partial charge is 0.257 e. The van der Waals surface area contributed by atoms with E-state index in [1.165, 1.54) is 0 Å². The number of aryl methyl sites for hydroxylation is 2. The normalized spacial score (nSPS) is 10.3. The molecule has 0 aliphatic heterocycles. The van der Waals surface area contributed by atoms with Crippen LogP contribution in [0.3, 0.4) is 0 Å². The molecule has 0 heterocycles. The van der Waals surface area contributed by atoms with E-state index in [9.17, 15) is 4.79 Å². The Morgan fingerprint density at radius 2 is 1.90 bits per heavy atom. The Labute approximate surface area is 136 Å². The number of rotatable bonds is 3. The molecule has 0 saturated carbocycles. The molecule has 0 aliphatic rings. The lowest BCUT2D eigenvalue weighted by Crippen LogP contribution is -2.17. The number of nitrogens with one attached hydrogen (secondary N) is 2. The van der Waals surface area contributed by atoms with Crippen molar-refractivity contribution in [2.75, 3.05) is 10.7 Å². The summed E-state index contributed by atoms with van der Waals surface area (Å²) >= 11 is 9.51. The minimum Gasteiger partial charge on any atom is -0.323 e. The molecular weight excluding hydrogens is 354 g/mol. The third-order valence-corrected chi connectivity index (χ3v) is 4.13. The molecule has 0 spiro atoms. The fourth-order valence-electron chi connectivity index (χ4n) is 1.90. The summed E-state index contributed by atoms with van der Waals surface area (Å²) < 4.78 is 0.771. The van der Waals surface area contributed by atoms with Gasteiger partial charge in [-0.1, -0.05) is 23.2 Å². The summed E-state index contributed by atoms with van der Waals surface area (Å²) in [6.45, 7) is 3.81. The number of carbonyl (C=O) groups is 1. The minimum atomic E-state index is -0.257. The minimum absolute atomic E-state index is 0.257. The van der Waals surface area contributed by atoms with Crippen LogP contribution in [0.25, 0.3) is 0 Å². The number of nitrogens with two attached hydrogens (primary N) is 1. The van der Waals surface area contributed by atoms with Crippen LogP contribution < -0.4 is 16.6 Å². The average molecular weight is 369 g/mol. The van der Waals surface area contributed by atoms with Crippen molar-refractivity contribution < 1.29 is 4.79 Å². The monoisotopic (exact) mass is 367 g/mol. The predicted molar refractivity (Wildman–Crippen MR) is 90.8 cm³/mol. The molecule has 0 aromatic heterocycles. The van der Waals surface area contributed by atoms with Crippen molar-refractivity contribution >= 4 is 44.8 Å². The van der Waals surface area contributed by atoms with Crippen LogP contribution in [0.5, 0.6) is 0 Å². The zero-order valence-corrected chi connectivity index (χ0v) is 14.0. The molecule has 110 valence electrons. The van der Waals surface area contributed by atoms with Crippen LogP contribution in [-0.4, -0.2) is 5.91 Å². The van der Waals surface area contributed by atoms with Gasteiger partial charge in [-0.3, -0.25) is 10.6 Å². The summed E-state index contributed by atoms with van der Waals surface area (Å²) in [5.41, 5.74) is 6.08. The van der Waals surface area contributed by atoms with Crippen molar-refractivity contribution in [3.05, 3.63) is 56.5 Å². The Kier molecular flexibility index (Phi) is 4.88. The van der Waals surface area contributed by atoms with Crippen molar-refractivity contribution in [3.63, 3.8) is 0 Å². The molecule has 0 fully saturated rings. The number of benzene rings is 2. The van der Waals surface area contributed by atoms with Crippen molar-refractivity contribution in [2.24, 2.45) is 5.84 Å². The van der Waals surface area contributed by atoms with Crippen molar-refractivity contribution in [2.45, 2.75) is 13.8 Å². The molecule has 2 aromatic rings. The highest BCUT2D eigenvalue weighted by Gasteiger charge is 2.14. The molecule has 0 saturated heterocycles. The Bertz CT molecular complexity index is 704. The predicted octanol–water partition coefficient (Wildman–Crippen LogP) is 4.26. The van der Waals surface area contributed by atoms with E-state index in [4.69, 9.17) is 17.4 Å². The van der Waals surface area contributed by atoms with Gasteiger partial charge in [-0.2, -0.15) is 0 Å². The summed E-state index contributed by atoms with van der Waals surface area (Å²) in [5.74, 6) is 5.19. The van der Waals surface area contributed by atoms with Gasteiger partial charge in [-0.15, -0.1) is 0 Å². The molecule has 0 atom stereocenters. The highest BCUT2D eigenvalue weighted by atomic mass is 79.9. The van der Waals surface area contributed by atoms with Gasteiger partial charge in [0.1, 0.15) is 0 Å². The maximum absolute atomic E-state index is 12.4. The van der Waals surface area contributed by atoms with Crippen LogP contribution in [0.4, 0.5) is 11.4 Å². The van der Waals surface area contributed by atoms with E-state index in [1.54, 1.807) is 18.2 Å². The fourth-order valence-corrected chi connectivity index (χ4v) is 2.62. The molecule has 6 heteroatoms. The van der Waals surface area contributed by atoms with E-state index in [2.05, 4.69) is 26.7 Å². The molecular formula is C15H15BrClN3O. The molecule has 0 radical (unpaired) electrons. The van der Waals surface area contributed by atoms with E-state index >= 15 is 0 Å². The van der Waals surface area contributed by atoms with Crippen molar-refractivity contribution in [1.29, 1.82) is 0 Å². The van der Waals surface area contributed by atoms with Gasteiger partial charge in [0, 0.05) is 9.50 Å². The first-order valence-electron chi connectivity index (χ1n) is 6.26. The molecule has 2 rings (SSSR count). The number of hydrogen-bond acceptors (Lipinski definition) is 3. The second-order valence-corrected chi connectivity index (χ2v) is 5.99. The third-order valence-electron chi connectivity index (χ3n) is 3.07. The Hall–Kier alpha value is -1.56. The number of amides is 1. The Balaban J connectivity index is 2.34. The van der Waals surface area contributed by atoms with Crippen LogP contribution in [0.15, 0.2) is 34.8 Å². The highest BCUT2D eigenvalue weighted by Crippen LogP contribution is 2.30. The average Bonchev–Trinajstić information content (AvgIpc) is 2.44. The summed E-state index contributed by atoms with van der Waals surface area (Å²) in [4.78, 5) is 12.4. The van der Waals surface area contributed by atoms with Crippen molar-refractivity contribution in [1.82, 2.24) is 0 Å². The van der Waals surface area contributed by atoms with Gasteiger partial charge in [0.25, 0.3) is 5.91 Å². The molecule has 0 unspecified atom stereocenters. The van der Waals surface area contributed by atoms with Gasteiger partial charge < -0.3 is 10.7 Å². The van der Waals surface area contributed by atoms with E-state index < -0.39 is 0 Å². The molecule has 2 aromatic carbocycles. The zero-order valence-electron chi connectivity index (χ0n) is 11.6. The molecule has 4 nitrogen and oxygen atoms in total. The number of anilines is 2. The Morgan fingerprint density at radius 1 is 1.19 bits per heavy atom. The second kappa shape index (κ2) is 6.47. The quantitative estimate of drug-likeness (QED) is 0.560. The van der Waals surface area contributed by atoms with Crippen LogP contribution in [0.1, 0.15) is 21.5 Å². The first-order valence-corrected chi connectivity index (χ1v) is 7.43. The zero-order chi connectivity index (χ0) is 15.6. The molecule has 1 amide bonds. The van der Waals surface area contributed by atoms with E-state index in [0.717, 1.165) is 15.6 Å². The number of nitrogen functional groups attached to an aromatic ring is 1. The lowest BCUT2D eigenvalue weighted by molar-refractivity contribution is 0.102. The number of carbonyl (C=O) groups excluding carboxylic acids is 1. The fraction of sp³-hybridized carbons (Fsp3) is 0.133. The number of hydrogen-bond donors (Lipinski definition) is 3. The largest absolute Gasteiger partial charge is 0.323 e. The van der Waals surface area contributed by atoms with Crippen LogP contribution in [0.2, 0.25) is 5.02 Å². The SMILES string of the molecule is Cc1ccc(NN)c(C(=O)Nc2cc(Cl)c(C)cc2Br)c1. The van der Waals surface area contributed by atoms with Crippen LogP contribution in [0, 0.1) is 13.8 Å². The summed E-state index contributed by atoms with van der Waals surface area (Å²) in [7, 11) is 0. The maximum Gasteiger partial charge on any atom is 0.257 e. The molecule has 21 heavy (non-hydrogen) atoms. The molecule has 0 bridgehead atoms. The van der Waals surface area contributed by atoms with Gasteiger partial charge in [0.2, 0.25) is 0 Å². The van der Waals surface area contributed by atoms with Gasteiger partial charge >= 0.3 is 0 Å². The molecule has 4 N–H and O–H groups in total. The first-order chi connectivity index (χ1) is 9.92. The van der Waals surface area contributed by atoms with E-state index in [-0.39, 0.29) is 5.91 Å². The Morgan fingerprint density at radius 3 is 2.57 bits per heavy atom. The van der Waals surface area contributed by atoms with Gasteiger partial charge in [0.15, 0.2) is 0 Å². The van der Waals surface area contributed by atoms with E-state index in [1.807, 2.05) is 26.0 Å². The summed E-state index contributed by atoms with van der Waals surface area (Å²) in [5, 5.41) is 3.42. The van der Waals surface area contributed by atoms with E-state index in [0.29, 0.717) is 22.0 Å². The lowest BCUT2D eigenvalue weighted by Gasteiger charge is -2.12. The summed E-state index contributed by atoms with van der Waals surface area (Å²) in [6, 6.07) is 8.99. The number of hydrazine groups is 1. The lowest BCUT2D eigenvalue weighted by atomic mass is 10.1. The van der Waals surface area contributed by atoms with Crippen LogP contribution in [-0.2, 0) is 0 Å². The summed E-state index contributed by atoms with van der Waals surface area (Å²) in [6.07, 6.45) is 0. The van der Waals surface area contributed by atoms with Crippen LogP contribution >= 0.6 is 27.5 Å². The standard InChI is InChI=1S/C15H15BrClN3O/c1-8-3-4-13(20-18)10(5-8)15(21)19-14-7-12(17)9(2)6-11(14)16/h3-7,20H,18H2,1-2H3,(H,19,21). The second-order valence-electron chi connectivity index (χ2n) is 4.73. The van der Waals surface area contributed by atoms with Gasteiger partial charge in [-0.05, 0) is 59.6 Å². The maximum atomic E-state index is 12.4. The van der Waals surface area contributed by atoms with Crippen molar-refractivity contribution in [3.8, 4) is 0 Å². The van der Waals surface area contributed by atoms with Gasteiger partial charge in [0.05, 0.1) is 16.9 Å². The highest BCUT2D eigenvalue weighted by molar-refractivity contribution is 9.10. The topological polar surface area (TPSA) is 67.1 Å². The first kappa shape index (κ1) is 15.8. The van der Waals surface area contributed by atoms with Gasteiger partial charge in [-0.25, -0.2) is 0 Å². The molecule has 0 aliphatic carbocycles. The number of halogens is 2. The third kappa shape index (κ3) is 3.56.